The molecule has 0 saturated carbocycles. The van der Waals surface area contributed by atoms with Crippen LogP contribution in [-0.2, 0) is 0 Å². The molecule has 0 radical (unpaired) electrons. The van der Waals surface area contributed by atoms with Gasteiger partial charge < -0.3 is 15.7 Å². The summed E-state index contributed by atoms with van der Waals surface area (Å²) in [5.74, 6) is 2.03. The minimum absolute atomic E-state index is 0.253. The number of nitrogens with zero attached hydrogens (tertiary/aromatic N) is 1. The third-order valence-electron chi connectivity index (χ3n) is 3.54. The molecule has 20 heavy (non-hydrogen) atoms. The lowest BCUT2D eigenvalue weighted by molar-refractivity contribution is 0.245. The Morgan fingerprint density at radius 1 is 1.35 bits per heavy atom. The Morgan fingerprint density at radius 2 is 2.05 bits per heavy atom. The summed E-state index contributed by atoms with van der Waals surface area (Å²) in [5, 5.41) is 16.0. The number of rotatable bonds is 8. The van der Waals surface area contributed by atoms with Gasteiger partial charge >= 0.3 is 0 Å². The molecule has 0 saturated heterocycles. The Morgan fingerprint density at radius 3 is 2.60 bits per heavy atom. The van der Waals surface area contributed by atoms with E-state index in [1.807, 2.05) is 0 Å². The lowest BCUT2D eigenvalue weighted by Crippen LogP contribution is -2.42. The van der Waals surface area contributed by atoms with E-state index in [-0.39, 0.29) is 6.61 Å². The lowest BCUT2D eigenvalue weighted by atomic mass is 9.94. The van der Waals surface area contributed by atoms with Crippen molar-refractivity contribution >= 4 is 5.96 Å². The number of aliphatic hydroxyl groups excluding tert-OH is 1. The molecule has 1 unspecified atom stereocenters. The van der Waals surface area contributed by atoms with Crippen molar-refractivity contribution < 1.29 is 5.11 Å². The maximum absolute atomic E-state index is 9.16. The van der Waals surface area contributed by atoms with E-state index >= 15 is 0 Å². The van der Waals surface area contributed by atoms with Gasteiger partial charge in [0.2, 0.25) is 0 Å². The molecule has 0 heterocycles. The molecule has 0 bridgehead atoms. The van der Waals surface area contributed by atoms with Crippen molar-refractivity contribution in [1.29, 1.82) is 0 Å². The van der Waals surface area contributed by atoms with E-state index in [1.54, 1.807) is 0 Å². The van der Waals surface area contributed by atoms with E-state index < -0.39 is 0 Å². The maximum Gasteiger partial charge on any atom is 0.191 e. The first-order valence-electron chi connectivity index (χ1n) is 7.96. The van der Waals surface area contributed by atoms with E-state index in [0.717, 1.165) is 44.7 Å². The standard InChI is InChI=1S/C16H31N3O/c1-4-17-16(19-15-7-5-6-8-15)18-12-14(9-10-20)11-13(2)3/h5-6,13-15,20H,4,7-12H2,1-3H3,(H2,17,18,19). The summed E-state index contributed by atoms with van der Waals surface area (Å²) in [5.41, 5.74) is 0. The fourth-order valence-electron chi connectivity index (χ4n) is 2.60. The predicted octanol–water partition coefficient (Wildman–Crippen LogP) is 2.30. The Bertz CT molecular complexity index is 305. The van der Waals surface area contributed by atoms with Crippen molar-refractivity contribution in [2.75, 3.05) is 19.7 Å². The monoisotopic (exact) mass is 281 g/mol. The van der Waals surface area contributed by atoms with Crippen LogP contribution in [0.5, 0.6) is 0 Å². The van der Waals surface area contributed by atoms with E-state index in [0.29, 0.717) is 17.9 Å². The molecule has 4 nitrogen and oxygen atoms in total. The molecule has 1 atom stereocenters. The van der Waals surface area contributed by atoms with Gasteiger partial charge in [-0.3, -0.25) is 4.99 Å². The fraction of sp³-hybridized carbons (Fsp3) is 0.812. The highest BCUT2D eigenvalue weighted by Crippen LogP contribution is 2.15. The zero-order chi connectivity index (χ0) is 14.8. The van der Waals surface area contributed by atoms with Crippen LogP contribution in [0.4, 0.5) is 0 Å². The third-order valence-corrected chi connectivity index (χ3v) is 3.54. The molecule has 1 rings (SSSR count). The van der Waals surface area contributed by atoms with E-state index in [2.05, 4.69) is 43.6 Å². The van der Waals surface area contributed by atoms with E-state index in [4.69, 9.17) is 10.1 Å². The van der Waals surface area contributed by atoms with Crippen LogP contribution in [0.3, 0.4) is 0 Å². The van der Waals surface area contributed by atoms with Gasteiger partial charge in [0, 0.05) is 25.7 Å². The Balaban J connectivity index is 2.49. The Kier molecular flexibility index (Phi) is 8.35. The summed E-state index contributed by atoms with van der Waals surface area (Å²) >= 11 is 0. The van der Waals surface area contributed by atoms with Crippen molar-refractivity contribution in [2.24, 2.45) is 16.8 Å². The van der Waals surface area contributed by atoms with Crippen LogP contribution in [0.25, 0.3) is 0 Å². The molecule has 3 N–H and O–H groups in total. The quantitative estimate of drug-likeness (QED) is 0.363. The van der Waals surface area contributed by atoms with Crippen LogP contribution >= 0.6 is 0 Å². The van der Waals surface area contributed by atoms with Crippen LogP contribution in [-0.4, -0.2) is 36.8 Å². The second kappa shape index (κ2) is 9.81. The SMILES string of the molecule is CCNC(=NCC(CCO)CC(C)C)NC1CC=CC1. The summed E-state index contributed by atoms with van der Waals surface area (Å²) in [4.78, 5) is 4.70. The normalized spacial score (nSPS) is 17.8. The predicted molar refractivity (Wildman–Crippen MR) is 85.9 cm³/mol. The van der Waals surface area contributed by atoms with Gasteiger partial charge in [0.05, 0.1) is 0 Å². The van der Waals surface area contributed by atoms with Crippen molar-refractivity contribution in [3.63, 3.8) is 0 Å². The largest absolute Gasteiger partial charge is 0.396 e. The van der Waals surface area contributed by atoms with Gasteiger partial charge in [0.1, 0.15) is 0 Å². The van der Waals surface area contributed by atoms with Crippen LogP contribution < -0.4 is 10.6 Å². The fourth-order valence-corrected chi connectivity index (χ4v) is 2.60. The van der Waals surface area contributed by atoms with Crippen molar-refractivity contribution in [3.05, 3.63) is 12.2 Å². The summed E-state index contributed by atoms with van der Waals surface area (Å²) in [6, 6.07) is 0.481. The van der Waals surface area contributed by atoms with E-state index in [1.165, 1.54) is 0 Å². The van der Waals surface area contributed by atoms with Crippen molar-refractivity contribution in [1.82, 2.24) is 10.6 Å². The first-order chi connectivity index (χ1) is 9.65. The zero-order valence-electron chi connectivity index (χ0n) is 13.2. The number of aliphatic imine (C=N–C) groups is 1. The van der Waals surface area contributed by atoms with Crippen LogP contribution in [0.2, 0.25) is 0 Å². The number of hydrogen-bond donors (Lipinski definition) is 3. The maximum atomic E-state index is 9.16. The molecule has 1 aliphatic rings. The number of guanidine groups is 1. The summed E-state index contributed by atoms with van der Waals surface area (Å²) < 4.78 is 0. The minimum Gasteiger partial charge on any atom is -0.396 e. The second-order valence-corrected chi connectivity index (χ2v) is 6.01. The molecule has 4 heteroatoms. The van der Waals surface area contributed by atoms with Gasteiger partial charge in [-0.15, -0.1) is 0 Å². The minimum atomic E-state index is 0.253. The lowest BCUT2D eigenvalue weighted by Gasteiger charge is -2.19. The smallest absolute Gasteiger partial charge is 0.191 e. The topological polar surface area (TPSA) is 56.7 Å². The molecular weight excluding hydrogens is 250 g/mol. The van der Waals surface area contributed by atoms with Crippen LogP contribution in [0.15, 0.2) is 17.1 Å². The molecular formula is C16H31N3O. The van der Waals surface area contributed by atoms with Gasteiger partial charge in [-0.2, -0.15) is 0 Å². The number of aliphatic hydroxyl groups is 1. The average Bonchev–Trinajstić information content (AvgIpc) is 2.88. The molecule has 0 aromatic heterocycles. The molecule has 1 aliphatic carbocycles. The highest BCUT2D eigenvalue weighted by molar-refractivity contribution is 5.80. The summed E-state index contributed by atoms with van der Waals surface area (Å²) in [6.07, 6.45) is 8.55. The summed E-state index contributed by atoms with van der Waals surface area (Å²) in [7, 11) is 0. The molecule has 0 amide bonds. The zero-order valence-corrected chi connectivity index (χ0v) is 13.2. The first-order valence-corrected chi connectivity index (χ1v) is 7.96. The van der Waals surface area contributed by atoms with E-state index in [9.17, 15) is 0 Å². The Hall–Kier alpha value is -1.03. The highest BCUT2D eigenvalue weighted by Gasteiger charge is 2.13. The van der Waals surface area contributed by atoms with Gasteiger partial charge in [0.15, 0.2) is 5.96 Å². The third kappa shape index (κ3) is 6.94. The van der Waals surface area contributed by atoms with Crippen molar-refractivity contribution in [3.8, 4) is 0 Å². The van der Waals surface area contributed by atoms with Crippen LogP contribution in [0.1, 0.15) is 46.5 Å². The first kappa shape index (κ1) is 17.0. The van der Waals surface area contributed by atoms with Crippen molar-refractivity contribution in [2.45, 2.75) is 52.5 Å². The average molecular weight is 281 g/mol. The van der Waals surface area contributed by atoms with Gasteiger partial charge in [0.25, 0.3) is 0 Å². The molecule has 0 fully saturated rings. The number of hydrogen-bond acceptors (Lipinski definition) is 2. The highest BCUT2D eigenvalue weighted by atomic mass is 16.3. The van der Waals surface area contributed by atoms with Gasteiger partial charge in [-0.1, -0.05) is 26.0 Å². The molecule has 0 aromatic rings. The summed E-state index contributed by atoms with van der Waals surface area (Å²) in [6.45, 7) is 8.45. The Labute approximate surface area is 123 Å². The molecule has 0 spiro atoms. The molecule has 0 aliphatic heterocycles. The number of nitrogens with one attached hydrogen (secondary N) is 2. The van der Waals surface area contributed by atoms with Crippen LogP contribution in [0, 0.1) is 11.8 Å². The molecule has 116 valence electrons. The molecule has 0 aromatic carbocycles. The van der Waals surface area contributed by atoms with Gasteiger partial charge in [-0.25, -0.2) is 0 Å². The van der Waals surface area contributed by atoms with Gasteiger partial charge in [-0.05, 0) is 44.4 Å². The second-order valence-electron chi connectivity index (χ2n) is 6.01.